The molecule has 3 N–H and O–H groups in total. The largest absolute Gasteiger partial charge is 0.489 e. The first-order chi connectivity index (χ1) is 11.0. The molecule has 1 unspecified atom stereocenters. The second-order valence-electron chi connectivity index (χ2n) is 5.19. The van der Waals surface area contributed by atoms with Gasteiger partial charge in [-0.25, -0.2) is 8.78 Å². The highest BCUT2D eigenvalue weighted by atomic mass is 19.2. The van der Waals surface area contributed by atoms with E-state index in [2.05, 4.69) is 5.10 Å². The molecule has 0 saturated heterocycles. The van der Waals surface area contributed by atoms with E-state index in [1.165, 1.54) is 10.7 Å². The molecule has 0 aliphatic rings. The first kappa shape index (κ1) is 15.6. The molecule has 8 heteroatoms. The zero-order chi connectivity index (χ0) is 16.6. The average Bonchev–Trinajstić information content (AvgIpc) is 2.91. The van der Waals surface area contributed by atoms with E-state index in [9.17, 15) is 23.9 Å². The van der Waals surface area contributed by atoms with Gasteiger partial charge < -0.3 is 15.2 Å². The van der Waals surface area contributed by atoms with Crippen molar-refractivity contribution in [3.8, 4) is 0 Å². The molecular formula is C15H13BF2N2O3. The highest BCUT2D eigenvalue weighted by Gasteiger charge is 2.17. The topological polar surface area (TPSA) is 78.5 Å². The summed E-state index contributed by atoms with van der Waals surface area (Å²) in [6, 6.07) is 8.09. The molecule has 0 saturated carbocycles. The van der Waals surface area contributed by atoms with Gasteiger partial charge in [-0.2, -0.15) is 5.10 Å². The van der Waals surface area contributed by atoms with Gasteiger partial charge in [0, 0.05) is 11.6 Å². The lowest BCUT2D eigenvalue weighted by Crippen LogP contribution is -2.30. The van der Waals surface area contributed by atoms with E-state index in [1.807, 2.05) is 0 Å². The predicted octanol–water partition coefficient (Wildman–Crippen LogP) is 0.728. The molecule has 5 nitrogen and oxygen atoms in total. The fourth-order valence-electron chi connectivity index (χ4n) is 2.44. The van der Waals surface area contributed by atoms with Gasteiger partial charge in [0.1, 0.15) is 0 Å². The Bertz CT molecular complexity index is 854. The second-order valence-corrected chi connectivity index (χ2v) is 5.19. The molecule has 118 valence electrons. The van der Waals surface area contributed by atoms with Gasteiger partial charge in [-0.15, -0.1) is 0 Å². The molecule has 1 aromatic heterocycles. The summed E-state index contributed by atoms with van der Waals surface area (Å²) in [6.45, 7) is 0.0146. The second kappa shape index (κ2) is 6.07. The van der Waals surface area contributed by atoms with Crippen LogP contribution in [0.5, 0.6) is 0 Å². The van der Waals surface area contributed by atoms with Crippen LogP contribution >= 0.6 is 0 Å². The number of aromatic nitrogens is 2. The van der Waals surface area contributed by atoms with Crippen molar-refractivity contribution in [2.75, 3.05) is 0 Å². The van der Waals surface area contributed by atoms with Gasteiger partial charge in [-0.1, -0.05) is 18.2 Å². The van der Waals surface area contributed by atoms with E-state index in [0.29, 0.717) is 16.4 Å². The normalized spacial score (nSPS) is 12.6. The van der Waals surface area contributed by atoms with Crippen molar-refractivity contribution in [1.82, 2.24) is 9.78 Å². The first-order valence-corrected chi connectivity index (χ1v) is 6.91. The molecule has 3 rings (SSSR count). The van der Waals surface area contributed by atoms with Gasteiger partial charge in [0.15, 0.2) is 11.6 Å². The Balaban J connectivity index is 1.89. The van der Waals surface area contributed by atoms with Gasteiger partial charge in [0.05, 0.1) is 18.2 Å². The standard InChI is InChI=1S/C15H13BF2N2O3/c17-12-5-4-9(6-13(12)18)15(21)8-20-7-10-11(16(22)23)2-1-3-14(10)19-20/h1-7,15,21-23H,8H2. The van der Waals surface area contributed by atoms with E-state index < -0.39 is 24.9 Å². The summed E-state index contributed by atoms with van der Waals surface area (Å²) < 4.78 is 27.6. The Labute approximate surface area is 130 Å². The van der Waals surface area contributed by atoms with Crippen LogP contribution in [0.2, 0.25) is 0 Å². The number of aliphatic hydroxyl groups excluding tert-OH is 1. The molecule has 1 heterocycles. The number of rotatable bonds is 4. The molecule has 1 atom stereocenters. The summed E-state index contributed by atoms with van der Waals surface area (Å²) in [6.07, 6.45) is 0.481. The number of hydrogen-bond acceptors (Lipinski definition) is 4. The first-order valence-electron chi connectivity index (χ1n) is 6.91. The molecular weight excluding hydrogens is 305 g/mol. The van der Waals surface area contributed by atoms with Gasteiger partial charge in [-0.3, -0.25) is 4.68 Å². The van der Waals surface area contributed by atoms with Crippen LogP contribution in [0, 0.1) is 11.6 Å². The highest BCUT2D eigenvalue weighted by Crippen LogP contribution is 2.19. The summed E-state index contributed by atoms with van der Waals surface area (Å²) in [4.78, 5) is 0. The van der Waals surface area contributed by atoms with Gasteiger partial charge in [0.2, 0.25) is 0 Å². The number of benzene rings is 2. The zero-order valence-corrected chi connectivity index (χ0v) is 11.9. The van der Waals surface area contributed by atoms with Crippen LogP contribution in [0.1, 0.15) is 11.7 Å². The monoisotopic (exact) mass is 318 g/mol. The molecule has 0 aliphatic carbocycles. The molecule has 0 radical (unpaired) electrons. The molecule has 0 bridgehead atoms. The van der Waals surface area contributed by atoms with E-state index in [-0.39, 0.29) is 12.1 Å². The average molecular weight is 318 g/mol. The highest BCUT2D eigenvalue weighted by molar-refractivity contribution is 6.61. The third kappa shape index (κ3) is 3.09. The third-order valence-corrected chi connectivity index (χ3v) is 3.60. The van der Waals surface area contributed by atoms with Crippen LogP contribution in [0.3, 0.4) is 0 Å². The fraction of sp³-hybridized carbons (Fsp3) is 0.133. The smallest absolute Gasteiger partial charge is 0.423 e. The van der Waals surface area contributed by atoms with Gasteiger partial charge >= 0.3 is 7.12 Å². The van der Waals surface area contributed by atoms with Crippen molar-refractivity contribution < 1.29 is 23.9 Å². The molecule has 0 fully saturated rings. The van der Waals surface area contributed by atoms with Crippen molar-refractivity contribution >= 4 is 23.5 Å². The summed E-state index contributed by atoms with van der Waals surface area (Å²) in [7, 11) is -1.63. The lowest BCUT2D eigenvalue weighted by atomic mass is 9.78. The summed E-state index contributed by atoms with van der Waals surface area (Å²) in [5.74, 6) is -2.01. The van der Waals surface area contributed by atoms with Crippen LogP contribution in [-0.2, 0) is 6.54 Å². The van der Waals surface area contributed by atoms with E-state index in [4.69, 9.17) is 0 Å². The number of fused-ring (bicyclic) bond motifs is 1. The Hall–Kier alpha value is -2.29. The number of hydrogen-bond donors (Lipinski definition) is 3. The van der Waals surface area contributed by atoms with Crippen LogP contribution in [0.25, 0.3) is 10.9 Å². The van der Waals surface area contributed by atoms with E-state index in [0.717, 1.165) is 12.1 Å². The van der Waals surface area contributed by atoms with Crippen LogP contribution in [0.15, 0.2) is 42.6 Å². The lowest BCUT2D eigenvalue weighted by molar-refractivity contribution is 0.151. The quantitative estimate of drug-likeness (QED) is 0.620. The van der Waals surface area contributed by atoms with Crippen molar-refractivity contribution in [1.29, 1.82) is 0 Å². The third-order valence-electron chi connectivity index (χ3n) is 3.60. The zero-order valence-electron chi connectivity index (χ0n) is 11.9. The maximum absolute atomic E-state index is 13.2. The Morgan fingerprint density at radius 3 is 2.61 bits per heavy atom. The fourth-order valence-corrected chi connectivity index (χ4v) is 2.44. The minimum absolute atomic E-state index is 0.0146. The van der Waals surface area contributed by atoms with Crippen molar-refractivity contribution in [3.05, 3.63) is 59.8 Å². The number of aliphatic hydroxyl groups is 1. The van der Waals surface area contributed by atoms with E-state index in [1.54, 1.807) is 24.4 Å². The SMILES string of the molecule is OB(O)c1cccc2nn(CC(O)c3ccc(F)c(F)c3)cc12. The number of nitrogens with zero attached hydrogens (tertiary/aromatic N) is 2. The summed E-state index contributed by atoms with van der Waals surface area (Å²) >= 11 is 0. The van der Waals surface area contributed by atoms with E-state index >= 15 is 0 Å². The van der Waals surface area contributed by atoms with Crippen LogP contribution in [-0.4, -0.2) is 32.1 Å². The minimum Gasteiger partial charge on any atom is -0.423 e. The molecule has 0 aliphatic heterocycles. The lowest BCUT2D eigenvalue weighted by Gasteiger charge is -2.11. The molecule has 0 spiro atoms. The summed E-state index contributed by atoms with van der Waals surface area (Å²) in [5.41, 5.74) is 1.06. The molecule has 3 aromatic rings. The molecule has 2 aromatic carbocycles. The molecule has 0 amide bonds. The van der Waals surface area contributed by atoms with Crippen LogP contribution < -0.4 is 5.46 Å². The predicted molar refractivity (Wildman–Crippen MR) is 80.9 cm³/mol. The van der Waals surface area contributed by atoms with Crippen molar-refractivity contribution in [3.63, 3.8) is 0 Å². The number of halogens is 2. The van der Waals surface area contributed by atoms with Crippen molar-refractivity contribution in [2.24, 2.45) is 0 Å². The van der Waals surface area contributed by atoms with Gasteiger partial charge in [0.25, 0.3) is 0 Å². The Morgan fingerprint density at radius 1 is 1.13 bits per heavy atom. The minimum atomic E-state index is -1.63. The molecule has 23 heavy (non-hydrogen) atoms. The van der Waals surface area contributed by atoms with Crippen molar-refractivity contribution in [2.45, 2.75) is 12.6 Å². The Morgan fingerprint density at radius 2 is 1.91 bits per heavy atom. The maximum Gasteiger partial charge on any atom is 0.489 e. The van der Waals surface area contributed by atoms with Crippen LogP contribution in [0.4, 0.5) is 8.78 Å². The Kier molecular flexibility index (Phi) is 4.12. The van der Waals surface area contributed by atoms with Gasteiger partial charge in [-0.05, 0) is 29.2 Å². The maximum atomic E-state index is 13.2. The summed E-state index contributed by atoms with van der Waals surface area (Å²) in [5, 5.41) is 33.6.